The minimum atomic E-state index is -1.83. The van der Waals surface area contributed by atoms with E-state index in [2.05, 4.69) is 4.98 Å². The third-order valence-electron chi connectivity index (χ3n) is 2.25. The van der Waals surface area contributed by atoms with Gasteiger partial charge in [-0.1, -0.05) is 23.5 Å². The molecule has 0 fully saturated rings. The molecule has 0 amide bonds. The first-order valence-corrected chi connectivity index (χ1v) is 5.64. The van der Waals surface area contributed by atoms with Gasteiger partial charge in [0.05, 0.1) is 15.5 Å². The van der Waals surface area contributed by atoms with E-state index in [9.17, 15) is 14.9 Å². The molecule has 0 bridgehead atoms. The van der Waals surface area contributed by atoms with Crippen LogP contribution in [0.4, 0.5) is 5.69 Å². The van der Waals surface area contributed by atoms with Gasteiger partial charge >= 0.3 is 4.87 Å². The predicted octanol–water partition coefficient (Wildman–Crippen LogP) is 0.995. The molecule has 0 saturated heterocycles. The van der Waals surface area contributed by atoms with Crippen LogP contribution in [0.3, 0.4) is 0 Å². The van der Waals surface area contributed by atoms with Gasteiger partial charge in [0, 0.05) is 17.7 Å². The predicted molar refractivity (Wildman–Crippen MR) is 64.2 cm³/mol. The van der Waals surface area contributed by atoms with Crippen LogP contribution in [-0.4, -0.2) is 20.1 Å². The third-order valence-corrected chi connectivity index (χ3v) is 3.20. The van der Waals surface area contributed by atoms with Gasteiger partial charge in [0.1, 0.15) is 0 Å². The number of thiazole rings is 1. The van der Waals surface area contributed by atoms with Gasteiger partial charge < -0.3 is 15.2 Å². The van der Waals surface area contributed by atoms with Gasteiger partial charge in [-0.15, -0.1) is 0 Å². The summed E-state index contributed by atoms with van der Waals surface area (Å²) in [5.74, 6) is 0. The number of rotatable bonds is 3. The normalized spacial score (nSPS) is 10.8. The van der Waals surface area contributed by atoms with Crippen LogP contribution in [0.1, 0.15) is 12.0 Å². The van der Waals surface area contributed by atoms with Gasteiger partial charge in [-0.25, -0.2) is 0 Å². The molecule has 2 rings (SSSR count). The summed E-state index contributed by atoms with van der Waals surface area (Å²) in [6, 6.07) is 5.60. The van der Waals surface area contributed by atoms with E-state index in [4.69, 9.17) is 10.2 Å². The first-order valence-electron chi connectivity index (χ1n) is 4.83. The molecule has 94 valence electrons. The van der Waals surface area contributed by atoms with Gasteiger partial charge in [-0.3, -0.25) is 14.9 Å². The molecular formula is C10H8N2O5S. The van der Waals surface area contributed by atoms with Crippen LogP contribution in [0.2, 0.25) is 0 Å². The highest BCUT2D eigenvalue weighted by Crippen LogP contribution is 2.30. The summed E-state index contributed by atoms with van der Waals surface area (Å²) < 4.78 is 0. The van der Waals surface area contributed by atoms with Gasteiger partial charge in [-0.05, 0) is 0 Å². The average Bonchev–Trinajstić information content (AvgIpc) is 2.72. The maximum atomic E-state index is 11.2. The van der Waals surface area contributed by atoms with Crippen LogP contribution in [0.5, 0.6) is 0 Å². The van der Waals surface area contributed by atoms with Crippen molar-refractivity contribution in [2.24, 2.45) is 0 Å². The zero-order chi connectivity index (χ0) is 13.3. The second-order valence-corrected chi connectivity index (χ2v) is 4.42. The van der Waals surface area contributed by atoms with Crippen molar-refractivity contribution in [3.63, 3.8) is 0 Å². The van der Waals surface area contributed by atoms with E-state index in [1.54, 1.807) is 6.07 Å². The Kier molecular flexibility index (Phi) is 3.24. The first kappa shape index (κ1) is 12.4. The number of aromatic nitrogens is 1. The molecule has 3 N–H and O–H groups in total. The molecule has 0 aliphatic rings. The quantitative estimate of drug-likeness (QED) is 0.436. The number of aliphatic hydroxyl groups excluding tert-OH is 1. The van der Waals surface area contributed by atoms with E-state index in [1.807, 2.05) is 0 Å². The molecule has 0 atom stereocenters. The zero-order valence-electron chi connectivity index (χ0n) is 8.86. The Morgan fingerprint density at radius 2 is 2.11 bits per heavy atom. The third kappa shape index (κ3) is 2.30. The van der Waals surface area contributed by atoms with Gasteiger partial charge in [-0.2, -0.15) is 0 Å². The summed E-state index contributed by atoms with van der Waals surface area (Å²) in [4.78, 5) is 23.4. The Balaban J connectivity index is 2.58. The van der Waals surface area contributed by atoms with E-state index in [0.717, 1.165) is 11.3 Å². The summed E-state index contributed by atoms with van der Waals surface area (Å²) in [6.07, 6.45) is -1.83. The summed E-state index contributed by atoms with van der Waals surface area (Å²) in [5.41, 5.74) is 0.188. The molecule has 0 aliphatic carbocycles. The molecule has 2 aromatic rings. The molecule has 1 aromatic heterocycles. The minimum absolute atomic E-state index is 0.0644. The smallest absolute Gasteiger partial charge is 0.305 e. The van der Waals surface area contributed by atoms with Crippen molar-refractivity contribution in [3.05, 3.63) is 49.7 Å². The number of nitrogens with one attached hydrogen (secondary N) is 1. The summed E-state index contributed by atoms with van der Waals surface area (Å²) in [5, 5.41) is 28.9. The Morgan fingerprint density at radius 1 is 1.39 bits per heavy atom. The lowest BCUT2D eigenvalue weighted by molar-refractivity contribution is -0.384. The fraction of sp³-hybridized carbons (Fsp3) is 0.100. The fourth-order valence-corrected chi connectivity index (χ4v) is 2.35. The number of nitrogens with zero attached hydrogens (tertiary/aromatic N) is 1. The molecule has 1 aromatic carbocycles. The summed E-state index contributed by atoms with van der Waals surface area (Å²) in [7, 11) is 0. The molecule has 0 unspecified atom stereocenters. The van der Waals surface area contributed by atoms with Crippen molar-refractivity contribution >= 4 is 17.0 Å². The molecule has 0 aliphatic heterocycles. The maximum absolute atomic E-state index is 11.2. The number of aliphatic hydroxyl groups is 2. The molecule has 1 heterocycles. The van der Waals surface area contributed by atoms with Crippen LogP contribution < -0.4 is 4.87 Å². The van der Waals surface area contributed by atoms with Crippen molar-refractivity contribution < 1.29 is 15.1 Å². The Morgan fingerprint density at radius 3 is 2.72 bits per heavy atom. The van der Waals surface area contributed by atoms with Crippen molar-refractivity contribution in [2.75, 3.05) is 0 Å². The summed E-state index contributed by atoms with van der Waals surface area (Å²) >= 11 is 0.762. The number of non-ortho nitro benzene ring substituents is 1. The molecule has 0 spiro atoms. The first-order chi connectivity index (χ1) is 8.49. The van der Waals surface area contributed by atoms with E-state index >= 15 is 0 Å². The van der Waals surface area contributed by atoms with Crippen LogP contribution >= 0.6 is 11.3 Å². The topological polar surface area (TPSA) is 116 Å². The van der Waals surface area contributed by atoms with Gasteiger partial charge in [0.2, 0.25) is 0 Å². The number of H-pyrrole nitrogens is 1. The number of nitro groups is 1. The Bertz CT molecular complexity index is 646. The van der Waals surface area contributed by atoms with Gasteiger partial charge in [0.25, 0.3) is 5.69 Å². The number of hydrogen-bond acceptors (Lipinski definition) is 6. The molecule has 7 nitrogen and oxygen atoms in total. The second kappa shape index (κ2) is 4.69. The molecule has 8 heteroatoms. The Hall–Kier alpha value is -2.03. The highest BCUT2D eigenvalue weighted by Gasteiger charge is 2.17. The van der Waals surface area contributed by atoms with E-state index in [-0.39, 0.29) is 16.3 Å². The van der Waals surface area contributed by atoms with E-state index in [0.29, 0.717) is 5.56 Å². The standard InChI is InChI=1S/C10H8N2O5S/c13-9(14)7-8(18-10(15)11-7)5-2-1-3-6(4-5)12(16)17/h1-4,9,13-14H,(H,11,15). The Labute approximate surface area is 104 Å². The monoisotopic (exact) mass is 268 g/mol. The molecule has 18 heavy (non-hydrogen) atoms. The molecule has 0 radical (unpaired) electrons. The molecular weight excluding hydrogens is 260 g/mol. The van der Waals surface area contributed by atoms with Crippen LogP contribution in [0, 0.1) is 10.1 Å². The van der Waals surface area contributed by atoms with E-state index in [1.165, 1.54) is 18.2 Å². The van der Waals surface area contributed by atoms with Crippen LogP contribution in [0.15, 0.2) is 29.1 Å². The number of aromatic amines is 1. The van der Waals surface area contributed by atoms with Crippen molar-refractivity contribution in [1.82, 2.24) is 4.98 Å². The van der Waals surface area contributed by atoms with Crippen molar-refractivity contribution in [2.45, 2.75) is 6.29 Å². The minimum Gasteiger partial charge on any atom is -0.363 e. The lowest BCUT2D eigenvalue weighted by atomic mass is 10.1. The second-order valence-electron chi connectivity index (χ2n) is 3.44. The highest BCUT2D eigenvalue weighted by molar-refractivity contribution is 7.13. The van der Waals surface area contributed by atoms with Gasteiger partial charge in [0.15, 0.2) is 6.29 Å². The average molecular weight is 268 g/mol. The van der Waals surface area contributed by atoms with Crippen LogP contribution in [0.25, 0.3) is 10.4 Å². The number of nitro benzene ring substituents is 1. The lowest BCUT2D eigenvalue weighted by Crippen LogP contribution is -2.01. The maximum Gasteiger partial charge on any atom is 0.305 e. The SMILES string of the molecule is O=c1[nH]c(C(O)O)c(-c2cccc([N+](=O)[O-])c2)s1. The van der Waals surface area contributed by atoms with Crippen molar-refractivity contribution in [1.29, 1.82) is 0 Å². The number of hydrogen-bond donors (Lipinski definition) is 3. The lowest BCUT2D eigenvalue weighted by Gasteiger charge is -2.04. The number of benzene rings is 1. The van der Waals surface area contributed by atoms with Crippen molar-refractivity contribution in [3.8, 4) is 10.4 Å². The largest absolute Gasteiger partial charge is 0.363 e. The summed E-state index contributed by atoms with van der Waals surface area (Å²) in [6.45, 7) is 0. The fourth-order valence-electron chi connectivity index (χ4n) is 1.50. The molecule has 0 saturated carbocycles. The van der Waals surface area contributed by atoms with Crippen LogP contribution in [-0.2, 0) is 0 Å². The highest BCUT2D eigenvalue weighted by atomic mass is 32.1. The van der Waals surface area contributed by atoms with E-state index < -0.39 is 16.1 Å². The zero-order valence-corrected chi connectivity index (χ0v) is 9.68.